The Kier molecular flexibility index (Phi) is 6.14. The number of thioether (sulfide) groups is 1. The molecule has 5 rings (SSSR count). The Labute approximate surface area is 199 Å². The Balaban J connectivity index is 1.11. The monoisotopic (exact) mass is 491 g/mol. The molecular formula is C24H25F4N5S. The highest BCUT2D eigenvalue weighted by Gasteiger charge is 2.58. The van der Waals surface area contributed by atoms with E-state index in [1.54, 1.807) is 24.2 Å². The van der Waals surface area contributed by atoms with Crippen LogP contribution in [0.4, 0.5) is 17.6 Å². The van der Waals surface area contributed by atoms with Crippen LogP contribution in [-0.4, -0.2) is 50.0 Å². The van der Waals surface area contributed by atoms with E-state index in [0.29, 0.717) is 11.6 Å². The first-order chi connectivity index (χ1) is 16.3. The highest BCUT2D eigenvalue weighted by Crippen LogP contribution is 2.64. The second kappa shape index (κ2) is 8.96. The van der Waals surface area contributed by atoms with Crippen molar-refractivity contribution in [3.05, 3.63) is 59.7 Å². The molecular weight excluding hydrogens is 466 g/mol. The van der Waals surface area contributed by atoms with Crippen LogP contribution < -0.4 is 0 Å². The molecule has 10 heteroatoms. The summed E-state index contributed by atoms with van der Waals surface area (Å²) in [7, 11) is 1.95. The van der Waals surface area contributed by atoms with Gasteiger partial charge in [0.25, 0.3) is 0 Å². The van der Waals surface area contributed by atoms with Crippen molar-refractivity contribution in [1.82, 2.24) is 24.6 Å². The van der Waals surface area contributed by atoms with Gasteiger partial charge in [-0.2, -0.15) is 13.2 Å². The Hall–Kier alpha value is -2.46. The normalized spacial score (nSPS) is 22.6. The van der Waals surface area contributed by atoms with Crippen LogP contribution >= 0.6 is 11.8 Å². The summed E-state index contributed by atoms with van der Waals surface area (Å²) in [5, 5.41) is 9.44. The van der Waals surface area contributed by atoms with Crippen LogP contribution in [0.25, 0.3) is 11.4 Å². The quantitative estimate of drug-likeness (QED) is 0.252. The number of benzene rings is 1. The lowest BCUT2D eigenvalue weighted by atomic mass is 9.97. The van der Waals surface area contributed by atoms with E-state index in [1.807, 2.05) is 23.7 Å². The van der Waals surface area contributed by atoms with Crippen molar-refractivity contribution in [1.29, 1.82) is 0 Å². The number of likely N-dealkylation sites (tertiary alicyclic amines) is 1. The summed E-state index contributed by atoms with van der Waals surface area (Å²) in [5.74, 6) is 0.964. The molecule has 0 radical (unpaired) electrons. The lowest BCUT2D eigenvalue weighted by Crippen LogP contribution is -2.23. The fourth-order valence-electron chi connectivity index (χ4n) is 5.04. The van der Waals surface area contributed by atoms with Crippen molar-refractivity contribution in [2.24, 2.45) is 12.5 Å². The number of rotatable bonds is 7. The minimum atomic E-state index is -4.52. The summed E-state index contributed by atoms with van der Waals surface area (Å²) in [5.41, 5.74) is 0.437. The van der Waals surface area contributed by atoms with E-state index in [-0.39, 0.29) is 11.3 Å². The zero-order chi connectivity index (χ0) is 23.9. The van der Waals surface area contributed by atoms with Gasteiger partial charge >= 0.3 is 6.18 Å². The number of pyridine rings is 1. The van der Waals surface area contributed by atoms with Gasteiger partial charge in [-0.05, 0) is 73.5 Å². The largest absolute Gasteiger partial charge is 0.416 e. The fraction of sp³-hybridized carbons (Fsp3) is 0.458. The Morgan fingerprint density at radius 2 is 2.06 bits per heavy atom. The zero-order valence-corrected chi connectivity index (χ0v) is 19.5. The van der Waals surface area contributed by atoms with E-state index in [1.165, 1.54) is 6.07 Å². The molecule has 2 atom stereocenters. The van der Waals surface area contributed by atoms with Gasteiger partial charge in [-0.25, -0.2) is 4.39 Å². The molecule has 34 heavy (non-hydrogen) atoms. The van der Waals surface area contributed by atoms with Crippen molar-refractivity contribution in [2.75, 3.05) is 25.4 Å². The number of aromatic nitrogens is 4. The second-order valence-electron chi connectivity index (χ2n) is 9.19. The van der Waals surface area contributed by atoms with E-state index >= 15 is 0 Å². The van der Waals surface area contributed by atoms with Gasteiger partial charge in [-0.3, -0.25) is 4.98 Å². The minimum Gasteiger partial charge on any atom is -0.305 e. The van der Waals surface area contributed by atoms with E-state index in [9.17, 15) is 17.6 Å². The third kappa shape index (κ3) is 4.57. The number of alkyl halides is 3. The predicted octanol–water partition coefficient (Wildman–Crippen LogP) is 5.40. The molecule has 1 unspecified atom stereocenters. The van der Waals surface area contributed by atoms with Gasteiger partial charge in [0.1, 0.15) is 5.82 Å². The average molecular weight is 492 g/mol. The average Bonchev–Trinajstić information content (AvgIpc) is 3.14. The first-order valence-electron chi connectivity index (χ1n) is 11.3. The smallest absolute Gasteiger partial charge is 0.305 e. The van der Waals surface area contributed by atoms with E-state index in [4.69, 9.17) is 0 Å². The topological polar surface area (TPSA) is 46.8 Å². The summed E-state index contributed by atoms with van der Waals surface area (Å²) in [4.78, 5) is 6.52. The SMILES string of the molecule is Cn1c(SCCCN2CC[C@]3(CC3c3ccc(C(F)(F)F)cc3F)C2)nnc1-c1cccnc1. The zero-order valence-electron chi connectivity index (χ0n) is 18.7. The molecule has 3 heterocycles. The maximum atomic E-state index is 14.4. The third-order valence-electron chi connectivity index (χ3n) is 6.96. The number of halogens is 4. The van der Waals surface area contributed by atoms with Gasteiger partial charge in [-0.1, -0.05) is 17.8 Å². The Morgan fingerprint density at radius 3 is 2.79 bits per heavy atom. The van der Waals surface area contributed by atoms with Crippen molar-refractivity contribution >= 4 is 11.8 Å². The van der Waals surface area contributed by atoms with Crippen molar-refractivity contribution in [3.63, 3.8) is 0 Å². The molecule has 2 aromatic heterocycles. The van der Waals surface area contributed by atoms with E-state index in [2.05, 4.69) is 20.1 Å². The lowest BCUT2D eigenvalue weighted by molar-refractivity contribution is -0.137. The van der Waals surface area contributed by atoms with Crippen molar-refractivity contribution in [3.8, 4) is 11.4 Å². The Bertz CT molecular complexity index is 1170. The molecule has 2 aliphatic rings. The first-order valence-corrected chi connectivity index (χ1v) is 12.3. The third-order valence-corrected chi connectivity index (χ3v) is 8.07. The molecule has 1 saturated carbocycles. The molecule has 180 valence electrons. The summed E-state index contributed by atoms with van der Waals surface area (Å²) >= 11 is 1.66. The molecule has 5 nitrogen and oxygen atoms in total. The molecule has 0 amide bonds. The standard InChI is InChI=1S/C24H25F4N5S/c1-32-21(16-4-2-8-29-14-16)30-31-22(32)34-11-3-9-33-10-7-23(15-33)13-19(23)18-6-5-17(12-20(18)25)24(26,27)28/h2,4-6,8,12,14,19H,3,7,9-11,13,15H2,1H3/t19?,23-/m0/s1. The molecule has 0 N–H and O–H groups in total. The number of nitrogens with zero attached hydrogens (tertiary/aromatic N) is 5. The van der Waals surface area contributed by atoms with Crippen LogP contribution in [-0.2, 0) is 13.2 Å². The highest BCUT2D eigenvalue weighted by molar-refractivity contribution is 7.99. The predicted molar refractivity (Wildman–Crippen MR) is 122 cm³/mol. The molecule has 2 fully saturated rings. The van der Waals surface area contributed by atoms with Gasteiger partial charge in [-0.15, -0.1) is 10.2 Å². The summed E-state index contributed by atoms with van der Waals surface area (Å²) in [6.45, 7) is 2.75. The lowest BCUT2D eigenvalue weighted by Gasteiger charge is -2.16. The van der Waals surface area contributed by atoms with Crippen molar-refractivity contribution < 1.29 is 17.6 Å². The van der Waals surface area contributed by atoms with E-state index in [0.717, 1.165) is 67.3 Å². The summed E-state index contributed by atoms with van der Waals surface area (Å²) in [6, 6.07) is 6.79. The highest BCUT2D eigenvalue weighted by atomic mass is 32.2. The fourth-order valence-corrected chi connectivity index (χ4v) is 5.87. The van der Waals surface area contributed by atoms with Crippen LogP contribution in [0.5, 0.6) is 0 Å². The van der Waals surface area contributed by atoms with Gasteiger partial charge in [0, 0.05) is 37.3 Å². The molecule has 1 spiro atoms. The second-order valence-corrected chi connectivity index (χ2v) is 10.3. The van der Waals surface area contributed by atoms with Crippen LogP contribution in [0.1, 0.15) is 36.3 Å². The Morgan fingerprint density at radius 1 is 1.21 bits per heavy atom. The summed E-state index contributed by atoms with van der Waals surface area (Å²) < 4.78 is 54.9. The molecule has 0 bridgehead atoms. The van der Waals surface area contributed by atoms with Crippen LogP contribution in [0, 0.1) is 11.2 Å². The first kappa shape index (κ1) is 23.3. The van der Waals surface area contributed by atoms with Gasteiger partial charge in [0.2, 0.25) is 0 Å². The maximum Gasteiger partial charge on any atom is 0.416 e. The van der Waals surface area contributed by atoms with Crippen LogP contribution in [0.2, 0.25) is 0 Å². The maximum absolute atomic E-state index is 14.4. The minimum absolute atomic E-state index is 0.00987. The summed E-state index contributed by atoms with van der Waals surface area (Å²) in [6.07, 6.45) is 1.76. The molecule has 1 aliphatic heterocycles. The van der Waals surface area contributed by atoms with Crippen LogP contribution in [0.15, 0.2) is 47.9 Å². The molecule has 1 saturated heterocycles. The molecule has 3 aromatic rings. The van der Waals surface area contributed by atoms with Gasteiger partial charge in [0.05, 0.1) is 5.56 Å². The van der Waals surface area contributed by atoms with E-state index < -0.39 is 17.6 Å². The number of hydrogen-bond donors (Lipinski definition) is 0. The molecule has 1 aliphatic carbocycles. The van der Waals surface area contributed by atoms with Crippen molar-refractivity contribution in [2.45, 2.75) is 36.5 Å². The van der Waals surface area contributed by atoms with Gasteiger partial charge in [0.15, 0.2) is 11.0 Å². The van der Waals surface area contributed by atoms with Crippen LogP contribution in [0.3, 0.4) is 0 Å². The molecule has 1 aromatic carbocycles. The number of hydrogen-bond acceptors (Lipinski definition) is 5. The van der Waals surface area contributed by atoms with Gasteiger partial charge < -0.3 is 9.47 Å².